The third-order valence-corrected chi connectivity index (χ3v) is 2.22. The monoisotopic (exact) mass is 197 g/mol. The number of rotatable bonds is 5. The highest BCUT2D eigenvalue weighted by Crippen LogP contribution is 2.23. The Kier molecular flexibility index (Phi) is 4.40. The summed E-state index contributed by atoms with van der Waals surface area (Å²) in [6.45, 7) is 0.392. The SMILES string of the molecule is CNCCc1c(CF)cccc1OC. The predicted molar refractivity (Wildman–Crippen MR) is 55.4 cm³/mol. The topological polar surface area (TPSA) is 21.3 Å². The van der Waals surface area contributed by atoms with Gasteiger partial charge in [0.2, 0.25) is 0 Å². The molecule has 78 valence electrons. The van der Waals surface area contributed by atoms with E-state index in [1.807, 2.05) is 19.2 Å². The maximum absolute atomic E-state index is 12.7. The lowest BCUT2D eigenvalue weighted by atomic mass is 10.0. The summed E-state index contributed by atoms with van der Waals surface area (Å²) in [5, 5.41) is 3.04. The second kappa shape index (κ2) is 5.60. The highest BCUT2D eigenvalue weighted by atomic mass is 19.1. The fourth-order valence-corrected chi connectivity index (χ4v) is 1.46. The molecule has 0 bridgehead atoms. The van der Waals surface area contributed by atoms with E-state index in [1.54, 1.807) is 13.2 Å². The van der Waals surface area contributed by atoms with Gasteiger partial charge in [0, 0.05) is 5.56 Å². The van der Waals surface area contributed by atoms with Crippen molar-refractivity contribution in [3.8, 4) is 5.75 Å². The van der Waals surface area contributed by atoms with Crippen LogP contribution in [-0.4, -0.2) is 20.7 Å². The first-order valence-electron chi connectivity index (χ1n) is 4.68. The molecule has 0 saturated heterocycles. The van der Waals surface area contributed by atoms with Crippen molar-refractivity contribution in [3.63, 3.8) is 0 Å². The Hall–Kier alpha value is -1.09. The summed E-state index contributed by atoms with van der Waals surface area (Å²) in [7, 11) is 3.49. The average molecular weight is 197 g/mol. The number of ether oxygens (including phenoxy) is 1. The molecule has 0 spiro atoms. The van der Waals surface area contributed by atoms with E-state index < -0.39 is 6.67 Å². The highest BCUT2D eigenvalue weighted by molar-refractivity contribution is 5.40. The summed E-state index contributed by atoms with van der Waals surface area (Å²) in [5.74, 6) is 0.774. The third-order valence-electron chi connectivity index (χ3n) is 2.22. The average Bonchev–Trinajstić information content (AvgIpc) is 2.25. The molecule has 1 rings (SSSR count). The Balaban J connectivity index is 2.93. The van der Waals surface area contributed by atoms with E-state index in [0.29, 0.717) is 0 Å². The largest absolute Gasteiger partial charge is 0.496 e. The fourth-order valence-electron chi connectivity index (χ4n) is 1.46. The number of likely N-dealkylation sites (N-methyl/N-ethyl adjacent to an activating group) is 1. The third kappa shape index (κ3) is 2.45. The van der Waals surface area contributed by atoms with Crippen molar-refractivity contribution in [2.75, 3.05) is 20.7 Å². The van der Waals surface area contributed by atoms with Crippen LogP contribution >= 0.6 is 0 Å². The van der Waals surface area contributed by atoms with Crippen molar-refractivity contribution in [3.05, 3.63) is 29.3 Å². The molecule has 0 saturated carbocycles. The van der Waals surface area contributed by atoms with Gasteiger partial charge in [-0.2, -0.15) is 0 Å². The van der Waals surface area contributed by atoms with E-state index in [9.17, 15) is 4.39 Å². The number of alkyl halides is 1. The Morgan fingerprint density at radius 2 is 2.21 bits per heavy atom. The van der Waals surface area contributed by atoms with Crippen molar-refractivity contribution in [2.45, 2.75) is 13.1 Å². The Morgan fingerprint density at radius 1 is 1.43 bits per heavy atom. The van der Waals surface area contributed by atoms with Crippen LogP contribution in [0.1, 0.15) is 11.1 Å². The quantitative estimate of drug-likeness (QED) is 0.778. The van der Waals surface area contributed by atoms with Crippen molar-refractivity contribution in [2.24, 2.45) is 0 Å². The molecule has 0 fully saturated rings. The molecule has 0 amide bonds. The summed E-state index contributed by atoms with van der Waals surface area (Å²) in [6.07, 6.45) is 0.791. The Labute approximate surface area is 84.1 Å². The molecular formula is C11H16FNO. The molecule has 0 aliphatic rings. The van der Waals surface area contributed by atoms with Crippen molar-refractivity contribution < 1.29 is 9.13 Å². The molecular weight excluding hydrogens is 181 g/mol. The zero-order valence-electron chi connectivity index (χ0n) is 8.64. The molecule has 0 unspecified atom stereocenters. The second-order valence-corrected chi connectivity index (χ2v) is 3.09. The van der Waals surface area contributed by atoms with Crippen LogP contribution in [0.15, 0.2) is 18.2 Å². The van der Waals surface area contributed by atoms with E-state index in [2.05, 4.69) is 5.32 Å². The van der Waals surface area contributed by atoms with E-state index in [1.165, 1.54) is 0 Å². The molecule has 0 aliphatic carbocycles. The van der Waals surface area contributed by atoms with Gasteiger partial charge in [0.05, 0.1) is 7.11 Å². The van der Waals surface area contributed by atoms with Gasteiger partial charge in [-0.15, -0.1) is 0 Å². The summed E-state index contributed by atoms with van der Waals surface area (Å²) in [6, 6.07) is 5.48. The van der Waals surface area contributed by atoms with Gasteiger partial charge in [0.15, 0.2) is 0 Å². The van der Waals surface area contributed by atoms with Crippen LogP contribution in [0, 0.1) is 0 Å². The standard InChI is InChI=1S/C11H16FNO/c1-13-7-6-10-9(8-12)4-3-5-11(10)14-2/h3-5,13H,6-8H2,1-2H3. The molecule has 1 aromatic carbocycles. The summed E-state index contributed by atoms with van der Waals surface area (Å²) < 4.78 is 17.8. The number of halogens is 1. The number of benzene rings is 1. The zero-order valence-corrected chi connectivity index (χ0v) is 8.64. The fraction of sp³-hybridized carbons (Fsp3) is 0.455. The minimum absolute atomic E-state index is 0.434. The van der Waals surface area contributed by atoms with Crippen LogP contribution in [0.5, 0.6) is 5.75 Å². The molecule has 2 nitrogen and oxygen atoms in total. The number of methoxy groups -OCH3 is 1. The lowest BCUT2D eigenvalue weighted by Gasteiger charge is -2.11. The minimum Gasteiger partial charge on any atom is -0.496 e. The van der Waals surface area contributed by atoms with Crippen molar-refractivity contribution in [1.29, 1.82) is 0 Å². The maximum Gasteiger partial charge on any atom is 0.122 e. The van der Waals surface area contributed by atoms with E-state index in [-0.39, 0.29) is 0 Å². The first kappa shape index (κ1) is 11.0. The normalized spacial score (nSPS) is 10.2. The van der Waals surface area contributed by atoms with Crippen LogP contribution < -0.4 is 10.1 Å². The smallest absolute Gasteiger partial charge is 0.122 e. The van der Waals surface area contributed by atoms with Gasteiger partial charge in [0.1, 0.15) is 12.4 Å². The molecule has 1 N–H and O–H groups in total. The molecule has 14 heavy (non-hydrogen) atoms. The van der Waals surface area contributed by atoms with Gasteiger partial charge in [-0.25, -0.2) is 4.39 Å². The van der Waals surface area contributed by atoms with Gasteiger partial charge in [0.25, 0.3) is 0 Å². The van der Waals surface area contributed by atoms with Gasteiger partial charge in [-0.1, -0.05) is 12.1 Å². The number of hydrogen-bond acceptors (Lipinski definition) is 2. The Bertz CT molecular complexity index is 266. The number of nitrogens with one attached hydrogen (secondary N) is 1. The predicted octanol–water partition coefficient (Wildman–Crippen LogP) is 1.93. The summed E-state index contributed by atoms with van der Waals surface area (Å²) in [4.78, 5) is 0. The Morgan fingerprint density at radius 3 is 2.79 bits per heavy atom. The number of hydrogen-bond donors (Lipinski definition) is 1. The van der Waals surface area contributed by atoms with Crippen LogP contribution in [0.3, 0.4) is 0 Å². The van der Waals surface area contributed by atoms with E-state index >= 15 is 0 Å². The molecule has 0 heterocycles. The van der Waals surface area contributed by atoms with Crippen LogP contribution in [-0.2, 0) is 13.1 Å². The van der Waals surface area contributed by atoms with Crippen LogP contribution in [0.4, 0.5) is 4.39 Å². The lowest BCUT2D eigenvalue weighted by molar-refractivity contribution is 0.405. The van der Waals surface area contributed by atoms with E-state index in [4.69, 9.17) is 4.74 Å². The molecule has 0 atom stereocenters. The van der Waals surface area contributed by atoms with Crippen LogP contribution in [0.25, 0.3) is 0 Å². The summed E-state index contributed by atoms with van der Waals surface area (Å²) in [5.41, 5.74) is 1.69. The van der Waals surface area contributed by atoms with Gasteiger partial charge in [-0.3, -0.25) is 0 Å². The first-order chi connectivity index (χ1) is 6.83. The minimum atomic E-state index is -0.434. The molecule has 3 heteroatoms. The molecule has 0 aromatic heterocycles. The molecule has 0 radical (unpaired) electrons. The molecule has 1 aromatic rings. The maximum atomic E-state index is 12.7. The van der Waals surface area contributed by atoms with E-state index in [0.717, 1.165) is 29.8 Å². The van der Waals surface area contributed by atoms with Crippen molar-refractivity contribution in [1.82, 2.24) is 5.32 Å². The highest BCUT2D eigenvalue weighted by Gasteiger charge is 2.07. The molecule has 0 aliphatic heterocycles. The second-order valence-electron chi connectivity index (χ2n) is 3.09. The zero-order chi connectivity index (χ0) is 10.4. The van der Waals surface area contributed by atoms with Gasteiger partial charge in [-0.05, 0) is 31.6 Å². The van der Waals surface area contributed by atoms with Crippen molar-refractivity contribution >= 4 is 0 Å². The summed E-state index contributed by atoms with van der Waals surface area (Å²) >= 11 is 0. The van der Waals surface area contributed by atoms with Crippen LogP contribution in [0.2, 0.25) is 0 Å². The first-order valence-corrected chi connectivity index (χ1v) is 4.68. The van der Waals surface area contributed by atoms with Gasteiger partial charge < -0.3 is 10.1 Å². The lowest BCUT2D eigenvalue weighted by Crippen LogP contribution is -2.12. The van der Waals surface area contributed by atoms with Gasteiger partial charge >= 0.3 is 0 Å².